The van der Waals surface area contributed by atoms with Gasteiger partial charge in [0, 0.05) is 0 Å². The van der Waals surface area contributed by atoms with Gasteiger partial charge >= 0.3 is 0 Å². The number of allylic oxidation sites excluding steroid dienone is 1. The minimum atomic E-state index is 0.462. The SMILES string of the molecule is COc1cc(/C=C(\C#N)c2nc3ccc(C)cc3[nH]2)ccc1OCCC(C)C. The highest BCUT2D eigenvalue weighted by atomic mass is 16.5. The largest absolute Gasteiger partial charge is 0.493 e. The Balaban J connectivity index is 1.88. The molecular weight excluding hydrogens is 350 g/mol. The van der Waals surface area contributed by atoms with E-state index in [2.05, 4.69) is 29.9 Å². The maximum Gasteiger partial charge on any atom is 0.161 e. The van der Waals surface area contributed by atoms with E-state index < -0.39 is 0 Å². The Morgan fingerprint density at radius 3 is 2.75 bits per heavy atom. The van der Waals surface area contributed by atoms with Crippen LogP contribution in [0.15, 0.2) is 36.4 Å². The van der Waals surface area contributed by atoms with Crippen molar-refractivity contribution in [3.8, 4) is 17.6 Å². The van der Waals surface area contributed by atoms with Crippen LogP contribution in [0.4, 0.5) is 0 Å². The fourth-order valence-corrected chi connectivity index (χ4v) is 2.87. The summed E-state index contributed by atoms with van der Waals surface area (Å²) >= 11 is 0. The molecule has 2 aromatic carbocycles. The van der Waals surface area contributed by atoms with Crippen molar-refractivity contribution in [1.29, 1.82) is 5.26 Å². The zero-order valence-electron chi connectivity index (χ0n) is 16.7. The van der Waals surface area contributed by atoms with E-state index in [0.717, 1.165) is 28.6 Å². The number of hydrogen-bond acceptors (Lipinski definition) is 4. The monoisotopic (exact) mass is 375 g/mol. The first-order valence-electron chi connectivity index (χ1n) is 9.39. The molecule has 3 aromatic rings. The van der Waals surface area contributed by atoms with Crippen LogP contribution in [0.25, 0.3) is 22.7 Å². The molecule has 0 aliphatic heterocycles. The number of aromatic amines is 1. The van der Waals surface area contributed by atoms with Crippen molar-refractivity contribution in [2.45, 2.75) is 27.2 Å². The standard InChI is InChI=1S/C23H25N3O2/c1-15(2)9-10-28-21-8-6-17(13-22(21)27-4)12-18(14-24)23-25-19-7-5-16(3)11-20(19)26-23/h5-8,11-13,15H,9-10H2,1-4H3,(H,25,26)/b18-12+. The van der Waals surface area contributed by atoms with Gasteiger partial charge in [-0.05, 0) is 60.7 Å². The number of aromatic nitrogens is 2. The molecule has 0 spiro atoms. The summed E-state index contributed by atoms with van der Waals surface area (Å²) < 4.78 is 11.3. The molecule has 0 aliphatic rings. The Morgan fingerprint density at radius 1 is 1.21 bits per heavy atom. The highest BCUT2D eigenvalue weighted by Crippen LogP contribution is 2.30. The van der Waals surface area contributed by atoms with Gasteiger partial charge in [0.05, 0.1) is 30.3 Å². The molecule has 1 heterocycles. The lowest BCUT2D eigenvalue weighted by Gasteiger charge is -2.12. The van der Waals surface area contributed by atoms with E-state index >= 15 is 0 Å². The first-order chi connectivity index (χ1) is 13.5. The molecule has 0 radical (unpaired) electrons. The molecule has 0 bridgehead atoms. The number of nitrogens with one attached hydrogen (secondary N) is 1. The van der Waals surface area contributed by atoms with Gasteiger partial charge < -0.3 is 14.5 Å². The van der Waals surface area contributed by atoms with Gasteiger partial charge in [-0.1, -0.05) is 26.0 Å². The molecule has 5 heteroatoms. The minimum absolute atomic E-state index is 0.462. The average Bonchev–Trinajstić information content (AvgIpc) is 3.09. The summed E-state index contributed by atoms with van der Waals surface area (Å²) in [7, 11) is 1.62. The molecule has 0 aliphatic carbocycles. The van der Waals surface area contributed by atoms with Crippen LogP contribution in [0.3, 0.4) is 0 Å². The van der Waals surface area contributed by atoms with Gasteiger partial charge in [-0.25, -0.2) is 4.98 Å². The second-order valence-electron chi connectivity index (χ2n) is 7.22. The van der Waals surface area contributed by atoms with Crippen LogP contribution in [-0.2, 0) is 0 Å². The highest BCUT2D eigenvalue weighted by molar-refractivity contribution is 5.90. The van der Waals surface area contributed by atoms with Crippen molar-refractivity contribution < 1.29 is 9.47 Å². The van der Waals surface area contributed by atoms with Crippen molar-refractivity contribution in [3.05, 3.63) is 53.3 Å². The number of nitriles is 1. The fraction of sp³-hybridized carbons (Fsp3) is 0.304. The molecule has 0 atom stereocenters. The molecule has 28 heavy (non-hydrogen) atoms. The van der Waals surface area contributed by atoms with Crippen LogP contribution in [0.5, 0.6) is 11.5 Å². The van der Waals surface area contributed by atoms with Gasteiger partial charge in [-0.2, -0.15) is 5.26 Å². The minimum Gasteiger partial charge on any atom is -0.493 e. The van der Waals surface area contributed by atoms with Crippen LogP contribution >= 0.6 is 0 Å². The number of ether oxygens (including phenoxy) is 2. The number of aryl methyl sites for hydroxylation is 1. The first kappa shape index (κ1) is 19.5. The predicted octanol–water partition coefficient (Wildman–Crippen LogP) is 5.37. The molecular formula is C23H25N3O2. The van der Waals surface area contributed by atoms with Crippen molar-refractivity contribution in [2.75, 3.05) is 13.7 Å². The van der Waals surface area contributed by atoms with Gasteiger partial charge in [-0.3, -0.25) is 0 Å². The average molecular weight is 375 g/mol. The second kappa shape index (κ2) is 8.62. The maximum atomic E-state index is 9.64. The second-order valence-corrected chi connectivity index (χ2v) is 7.22. The quantitative estimate of drug-likeness (QED) is 0.564. The normalized spacial score (nSPS) is 11.6. The lowest BCUT2D eigenvalue weighted by Crippen LogP contribution is -2.02. The summed E-state index contributed by atoms with van der Waals surface area (Å²) in [5.41, 5.74) is 4.21. The smallest absolute Gasteiger partial charge is 0.161 e. The van der Waals surface area contributed by atoms with Gasteiger partial charge in [-0.15, -0.1) is 0 Å². The summed E-state index contributed by atoms with van der Waals surface area (Å²) in [6.45, 7) is 7.00. The maximum absolute atomic E-state index is 9.64. The van der Waals surface area contributed by atoms with Crippen molar-refractivity contribution in [2.24, 2.45) is 5.92 Å². The molecule has 0 saturated carbocycles. The Kier molecular flexibility index (Phi) is 6.00. The van der Waals surface area contributed by atoms with Crippen LogP contribution < -0.4 is 9.47 Å². The molecule has 5 nitrogen and oxygen atoms in total. The lowest BCUT2D eigenvalue weighted by atomic mass is 10.1. The van der Waals surface area contributed by atoms with E-state index in [1.807, 2.05) is 43.3 Å². The number of benzene rings is 2. The summed E-state index contributed by atoms with van der Waals surface area (Å²) in [4.78, 5) is 7.76. The fourth-order valence-electron chi connectivity index (χ4n) is 2.87. The molecule has 3 rings (SSSR count). The number of H-pyrrole nitrogens is 1. The number of methoxy groups -OCH3 is 1. The lowest BCUT2D eigenvalue weighted by molar-refractivity contribution is 0.273. The van der Waals surface area contributed by atoms with Crippen molar-refractivity contribution in [3.63, 3.8) is 0 Å². The summed E-state index contributed by atoms with van der Waals surface area (Å²) in [5, 5.41) is 9.64. The number of imidazole rings is 1. The Morgan fingerprint density at radius 2 is 2.04 bits per heavy atom. The third-order valence-corrected chi connectivity index (χ3v) is 4.46. The van der Waals surface area contributed by atoms with Crippen LogP contribution in [-0.4, -0.2) is 23.7 Å². The Labute approximate surface area is 165 Å². The van der Waals surface area contributed by atoms with Crippen molar-refractivity contribution in [1.82, 2.24) is 9.97 Å². The van der Waals surface area contributed by atoms with Crippen LogP contribution in [0.2, 0.25) is 0 Å². The molecule has 0 saturated heterocycles. The topological polar surface area (TPSA) is 70.9 Å². The van der Waals surface area contributed by atoms with E-state index in [9.17, 15) is 5.26 Å². The van der Waals surface area contributed by atoms with E-state index in [1.54, 1.807) is 13.2 Å². The summed E-state index contributed by atoms with van der Waals surface area (Å²) in [5.74, 6) is 2.49. The predicted molar refractivity (Wildman–Crippen MR) is 112 cm³/mol. The Bertz CT molecular complexity index is 1040. The van der Waals surface area contributed by atoms with Gasteiger partial charge in [0.1, 0.15) is 11.9 Å². The number of nitrogens with zero attached hydrogens (tertiary/aromatic N) is 2. The molecule has 0 unspecified atom stereocenters. The van der Waals surface area contributed by atoms with E-state index in [0.29, 0.717) is 35.4 Å². The molecule has 1 N–H and O–H groups in total. The van der Waals surface area contributed by atoms with Gasteiger partial charge in [0.2, 0.25) is 0 Å². The van der Waals surface area contributed by atoms with Crippen molar-refractivity contribution >= 4 is 22.7 Å². The van der Waals surface area contributed by atoms with Crippen LogP contribution in [0, 0.1) is 24.2 Å². The van der Waals surface area contributed by atoms with E-state index in [1.165, 1.54) is 0 Å². The van der Waals surface area contributed by atoms with E-state index in [-0.39, 0.29) is 0 Å². The number of hydrogen-bond donors (Lipinski definition) is 1. The zero-order valence-corrected chi connectivity index (χ0v) is 16.7. The molecule has 0 amide bonds. The third-order valence-electron chi connectivity index (χ3n) is 4.46. The summed E-state index contributed by atoms with van der Waals surface area (Å²) in [6.07, 6.45) is 2.78. The van der Waals surface area contributed by atoms with Gasteiger partial charge in [0.25, 0.3) is 0 Å². The third kappa shape index (κ3) is 4.52. The number of fused-ring (bicyclic) bond motifs is 1. The molecule has 144 valence electrons. The highest BCUT2D eigenvalue weighted by Gasteiger charge is 2.10. The first-order valence-corrected chi connectivity index (χ1v) is 9.39. The number of rotatable bonds is 7. The Hall–Kier alpha value is -3.26. The van der Waals surface area contributed by atoms with Crippen LogP contribution in [0.1, 0.15) is 37.2 Å². The van der Waals surface area contributed by atoms with E-state index in [4.69, 9.17) is 9.47 Å². The summed E-state index contributed by atoms with van der Waals surface area (Å²) in [6, 6.07) is 13.9. The molecule has 1 aromatic heterocycles. The zero-order chi connectivity index (χ0) is 20.1. The van der Waals surface area contributed by atoms with Gasteiger partial charge in [0.15, 0.2) is 11.5 Å². The molecule has 0 fully saturated rings.